The van der Waals surface area contributed by atoms with Crippen LogP contribution in [0.5, 0.6) is 0 Å². The molecule has 8 rings (SSSR count). The maximum absolute atomic E-state index is 5.04. The van der Waals surface area contributed by atoms with E-state index in [1.54, 1.807) is 0 Å². The van der Waals surface area contributed by atoms with Gasteiger partial charge in [-0.1, -0.05) is 168 Å². The molecule has 0 atom stereocenters. The van der Waals surface area contributed by atoms with E-state index in [1.165, 1.54) is 22.3 Å². The van der Waals surface area contributed by atoms with Gasteiger partial charge in [-0.05, 0) is 51.0 Å². The number of hydrogen-bond acceptors (Lipinski definition) is 4. The second-order valence-electron chi connectivity index (χ2n) is 13.5. The van der Waals surface area contributed by atoms with E-state index in [0.717, 1.165) is 67.3 Å². The lowest BCUT2D eigenvalue weighted by Gasteiger charge is -2.11. The van der Waals surface area contributed by atoms with E-state index in [9.17, 15) is 0 Å². The van der Waals surface area contributed by atoms with Crippen LogP contribution in [-0.4, -0.2) is 19.9 Å². The fraction of sp³-hybridized carbons (Fsp3) is 0.0833. The highest BCUT2D eigenvalue weighted by atomic mass is 14.9. The molecule has 4 heteroatoms. The molecule has 8 aromatic rings. The Morgan fingerprint density at radius 2 is 0.423 bits per heavy atom. The van der Waals surface area contributed by atoms with Crippen LogP contribution in [0.3, 0.4) is 0 Å². The van der Waals surface area contributed by atoms with Crippen molar-refractivity contribution in [1.29, 1.82) is 0 Å². The molecule has 0 saturated carbocycles. The predicted molar refractivity (Wildman–Crippen MR) is 215 cm³/mol. The minimum absolute atomic E-state index is 0.700. The molecule has 2 heterocycles. The molecule has 0 amide bonds. The first-order chi connectivity index (χ1) is 25.3. The maximum Gasteiger partial charge on any atom is 0.160 e. The van der Waals surface area contributed by atoms with Crippen LogP contribution in [0.15, 0.2) is 158 Å². The molecule has 0 N–H and O–H groups in total. The van der Waals surface area contributed by atoms with Gasteiger partial charge >= 0.3 is 0 Å². The molecule has 2 aromatic heterocycles. The summed E-state index contributed by atoms with van der Waals surface area (Å²) in [6.07, 6.45) is 0. The average Bonchev–Trinajstić information content (AvgIpc) is 3.19. The van der Waals surface area contributed by atoms with Crippen molar-refractivity contribution in [3.63, 3.8) is 0 Å². The molecule has 0 aliphatic rings. The van der Waals surface area contributed by atoms with Crippen molar-refractivity contribution in [1.82, 2.24) is 19.9 Å². The van der Waals surface area contributed by atoms with Gasteiger partial charge in [0.25, 0.3) is 0 Å². The van der Waals surface area contributed by atoms with Gasteiger partial charge in [-0.15, -0.1) is 0 Å². The van der Waals surface area contributed by atoms with Gasteiger partial charge in [0.1, 0.15) is 0 Å². The number of rotatable bonds is 7. The van der Waals surface area contributed by atoms with Crippen LogP contribution in [0.1, 0.15) is 22.3 Å². The topological polar surface area (TPSA) is 51.6 Å². The Morgan fingerprint density at radius 1 is 0.231 bits per heavy atom. The Balaban J connectivity index is 1.11. The normalized spacial score (nSPS) is 11.1. The molecular weight excluding hydrogens is 633 g/mol. The predicted octanol–water partition coefficient (Wildman–Crippen LogP) is 12.2. The Labute approximate surface area is 305 Å². The van der Waals surface area contributed by atoms with Crippen LogP contribution >= 0.6 is 0 Å². The van der Waals surface area contributed by atoms with Gasteiger partial charge in [-0.3, -0.25) is 0 Å². The van der Waals surface area contributed by atoms with Gasteiger partial charge in [0.2, 0.25) is 0 Å². The third-order valence-corrected chi connectivity index (χ3v) is 9.46. The minimum Gasteiger partial charge on any atom is -0.228 e. The van der Waals surface area contributed by atoms with Crippen molar-refractivity contribution in [2.24, 2.45) is 0 Å². The Hall–Kier alpha value is -6.52. The number of aryl methyl sites for hydroxylation is 4. The van der Waals surface area contributed by atoms with Crippen molar-refractivity contribution in [3.8, 4) is 78.9 Å². The van der Waals surface area contributed by atoms with E-state index in [0.29, 0.717) is 11.6 Å². The van der Waals surface area contributed by atoms with E-state index in [1.807, 2.05) is 0 Å². The highest BCUT2D eigenvalue weighted by Crippen LogP contribution is 2.32. The summed E-state index contributed by atoms with van der Waals surface area (Å²) >= 11 is 0. The van der Waals surface area contributed by atoms with E-state index in [2.05, 4.69) is 185 Å². The van der Waals surface area contributed by atoms with E-state index in [-0.39, 0.29) is 0 Å². The van der Waals surface area contributed by atoms with Crippen LogP contribution in [-0.2, 0) is 0 Å². The van der Waals surface area contributed by atoms with Crippen molar-refractivity contribution in [3.05, 3.63) is 180 Å². The van der Waals surface area contributed by atoms with Gasteiger partial charge < -0.3 is 0 Å². The van der Waals surface area contributed by atoms with Crippen LogP contribution in [0.25, 0.3) is 78.9 Å². The molecule has 250 valence electrons. The zero-order chi connectivity index (χ0) is 35.6. The summed E-state index contributed by atoms with van der Waals surface area (Å²) < 4.78 is 0. The van der Waals surface area contributed by atoms with Gasteiger partial charge in [0, 0.05) is 33.4 Å². The lowest BCUT2D eigenvalue weighted by molar-refractivity contribution is 1.18. The lowest BCUT2D eigenvalue weighted by atomic mass is 10.0. The molecule has 4 nitrogen and oxygen atoms in total. The summed E-state index contributed by atoms with van der Waals surface area (Å²) in [5, 5.41) is 0. The summed E-state index contributed by atoms with van der Waals surface area (Å²) in [5.74, 6) is 1.40. The Bertz CT molecular complexity index is 2170. The van der Waals surface area contributed by atoms with Crippen LogP contribution in [0, 0.1) is 27.7 Å². The number of aromatic nitrogens is 4. The molecule has 0 aliphatic carbocycles. The third kappa shape index (κ3) is 7.05. The van der Waals surface area contributed by atoms with Gasteiger partial charge in [0.15, 0.2) is 11.6 Å². The van der Waals surface area contributed by atoms with Gasteiger partial charge in [-0.25, -0.2) is 19.9 Å². The first-order valence-corrected chi connectivity index (χ1v) is 17.6. The highest BCUT2D eigenvalue weighted by molar-refractivity contribution is 5.76. The molecular formula is C48H38N4. The lowest BCUT2D eigenvalue weighted by Crippen LogP contribution is -1.96. The Morgan fingerprint density at radius 3 is 0.654 bits per heavy atom. The third-order valence-electron chi connectivity index (χ3n) is 9.46. The second-order valence-corrected chi connectivity index (χ2v) is 13.5. The highest BCUT2D eigenvalue weighted by Gasteiger charge is 2.13. The fourth-order valence-corrected chi connectivity index (χ4v) is 6.26. The minimum atomic E-state index is 0.700. The quantitative estimate of drug-likeness (QED) is 0.169. The van der Waals surface area contributed by atoms with Crippen molar-refractivity contribution in [2.45, 2.75) is 27.7 Å². The molecule has 52 heavy (non-hydrogen) atoms. The monoisotopic (exact) mass is 670 g/mol. The SMILES string of the molecule is Cc1ccc(-c2cc(-c3ccc(C)cc3)nc(-c3ccc(-c4ccc(-c5nc(-c6ccc(C)cc6)cc(-c6ccc(C)cc6)n5)cc4)cc3)n2)cc1. The van der Waals surface area contributed by atoms with Crippen LogP contribution in [0.4, 0.5) is 0 Å². The maximum atomic E-state index is 5.04. The summed E-state index contributed by atoms with van der Waals surface area (Å²) in [6.45, 7) is 8.40. The summed E-state index contributed by atoms with van der Waals surface area (Å²) in [7, 11) is 0. The number of benzene rings is 6. The smallest absolute Gasteiger partial charge is 0.160 e. The number of nitrogens with zero attached hydrogens (tertiary/aromatic N) is 4. The zero-order valence-corrected chi connectivity index (χ0v) is 29.8. The van der Waals surface area contributed by atoms with Crippen molar-refractivity contribution < 1.29 is 0 Å². The molecule has 0 saturated heterocycles. The molecule has 0 spiro atoms. The molecule has 0 unspecified atom stereocenters. The summed E-state index contributed by atoms with van der Waals surface area (Å²) in [4.78, 5) is 20.1. The first-order valence-electron chi connectivity index (χ1n) is 17.6. The number of hydrogen-bond donors (Lipinski definition) is 0. The largest absolute Gasteiger partial charge is 0.228 e. The van der Waals surface area contributed by atoms with Crippen molar-refractivity contribution in [2.75, 3.05) is 0 Å². The van der Waals surface area contributed by atoms with Crippen molar-refractivity contribution >= 4 is 0 Å². The van der Waals surface area contributed by atoms with Crippen LogP contribution in [0.2, 0.25) is 0 Å². The second kappa shape index (κ2) is 14.0. The standard InChI is InChI=1S/C48H38N4/c1-31-5-13-37(14-6-31)43-29-44(38-15-7-32(2)8-16-38)50-47(49-43)41-25-21-35(22-26-41)36-23-27-42(28-24-36)48-51-45(39-17-9-33(3)10-18-39)30-46(52-48)40-19-11-34(4)12-20-40/h5-30H,1-4H3. The average molecular weight is 671 g/mol. The molecule has 6 aromatic carbocycles. The van der Waals surface area contributed by atoms with Crippen LogP contribution < -0.4 is 0 Å². The first kappa shape index (κ1) is 32.7. The fourth-order valence-electron chi connectivity index (χ4n) is 6.26. The van der Waals surface area contributed by atoms with Gasteiger partial charge in [-0.2, -0.15) is 0 Å². The molecule has 0 aliphatic heterocycles. The summed E-state index contributed by atoms with van der Waals surface area (Å²) in [5.41, 5.74) is 16.9. The zero-order valence-electron chi connectivity index (χ0n) is 29.8. The molecule has 0 bridgehead atoms. The Kier molecular flexibility index (Phi) is 8.80. The van der Waals surface area contributed by atoms with E-state index < -0.39 is 0 Å². The van der Waals surface area contributed by atoms with E-state index in [4.69, 9.17) is 19.9 Å². The molecule has 0 radical (unpaired) electrons. The van der Waals surface area contributed by atoms with Gasteiger partial charge in [0.05, 0.1) is 22.8 Å². The summed E-state index contributed by atoms with van der Waals surface area (Å²) in [6, 6.07) is 55.2. The molecule has 0 fully saturated rings. The van der Waals surface area contributed by atoms with E-state index >= 15 is 0 Å².